The summed E-state index contributed by atoms with van der Waals surface area (Å²) in [5, 5.41) is 0. The van der Waals surface area contributed by atoms with Gasteiger partial charge in [-0.3, -0.25) is 0 Å². The van der Waals surface area contributed by atoms with Crippen molar-refractivity contribution < 1.29 is 13.2 Å². The summed E-state index contributed by atoms with van der Waals surface area (Å²) in [6.07, 6.45) is 1.83. The molecule has 0 aliphatic carbocycles. The van der Waals surface area contributed by atoms with E-state index in [9.17, 15) is 8.42 Å². The maximum Gasteiger partial charge on any atom is 0.243 e. The van der Waals surface area contributed by atoms with Crippen molar-refractivity contribution in [1.29, 1.82) is 0 Å². The van der Waals surface area contributed by atoms with Crippen molar-refractivity contribution in [2.45, 2.75) is 17.7 Å². The van der Waals surface area contributed by atoms with Gasteiger partial charge in [-0.1, -0.05) is 15.9 Å². The van der Waals surface area contributed by atoms with E-state index in [1.165, 1.54) is 4.31 Å². The number of hydrogen-bond acceptors (Lipinski definition) is 3. The van der Waals surface area contributed by atoms with Crippen LogP contribution in [0.25, 0.3) is 0 Å². The lowest BCUT2D eigenvalue weighted by Crippen LogP contribution is -2.34. The Balaban J connectivity index is 2.18. The van der Waals surface area contributed by atoms with Crippen LogP contribution in [0.15, 0.2) is 32.0 Å². The van der Waals surface area contributed by atoms with Gasteiger partial charge in [0.05, 0.1) is 4.90 Å². The zero-order chi connectivity index (χ0) is 14.8. The Morgan fingerprint density at radius 1 is 1.30 bits per heavy atom. The van der Waals surface area contributed by atoms with Gasteiger partial charge in [0.15, 0.2) is 0 Å². The van der Waals surface area contributed by atoms with E-state index in [2.05, 4.69) is 31.9 Å². The first-order valence-corrected chi connectivity index (χ1v) is 9.43. The van der Waals surface area contributed by atoms with E-state index < -0.39 is 10.0 Å². The van der Waals surface area contributed by atoms with Gasteiger partial charge in [-0.2, -0.15) is 0 Å². The summed E-state index contributed by atoms with van der Waals surface area (Å²) < 4.78 is 33.3. The van der Waals surface area contributed by atoms with Crippen molar-refractivity contribution in [3.63, 3.8) is 0 Å². The molecular weight excluding hydrogens is 410 g/mol. The lowest BCUT2D eigenvalue weighted by molar-refractivity contribution is 0.0620. The molecule has 0 bridgehead atoms. The van der Waals surface area contributed by atoms with Crippen LogP contribution in [0.3, 0.4) is 0 Å². The van der Waals surface area contributed by atoms with Crippen LogP contribution in [0, 0.1) is 5.92 Å². The largest absolute Gasteiger partial charge is 0.381 e. The second-order valence-electron chi connectivity index (χ2n) is 4.92. The average Bonchev–Trinajstić information content (AvgIpc) is 2.42. The Bertz CT molecular complexity index is 571. The normalized spacial score (nSPS) is 17.6. The Labute approximate surface area is 136 Å². The Hall–Kier alpha value is 0.0500. The highest BCUT2D eigenvalue weighted by molar-refractivity contribution is 9.11. The first-order chi connectivity index (χ1) is 9.41. The molecule has 20 heavy (non-hydrogen) atoms. The fraction of sp³-hybridized carbons (Fsp3) is 0.538. The SMILES string of the molecule is CN(CC1CCOCC1)S(=O)(=O)c1cc(Br)ccc1Br. The first kappa shape index (κ1) is 16.4. The third-order valence-electron chi connectivity index (χ3n) is 3.44. The zero-order valence-corrected chi connectivity index (χ0v) is 15.2. The molecule has 1 aromatic carbocycles. The van der Waals surface area contributed by atoms with Gasteiger partial charge in [-0.15, -0.1) is 0 Å². The zero-order valence-electron chi connectivity index (χ0n) is 11.2. The van der Waals surface area contributed by atoms with Crippen LogP contribution in [0.4, 0.5) is 0 Å². The lowest BCUT2D eigenvalue weighted by atomic mass is 10.0. The molecule has 0 unspecified atom stereocenters. The molecule has 1 aromatic rings. The molecule has 2 rings (SSSR count). The Morgan fingerprint density at radius 3 is 2.60 bits per heavy atom. The minimum Gasteiger partial charge on any atom is -0.381 e. The molecule has 4 nitrogen and oxygen atoms in total. The van der Waals surface area contributed by atoms with Crippen molar-refractivity contribution in [3.05, 3.63) is 27.1 Å². The number of ether oxygens (including phenoxy) is 1. The second kappa shape index (κ2) is 6.87. The Morgan fingerprint density at radius 2 is 1.95 bits per heavy atom. The van der Waals surface area contributed by atoms with Crippen molar-refractivity contribution in [3.8, 4) is 0 Å². The molecule has 112 valence electrons. The lowest BCUT2D eigenvalue weighted by Gasteiger charge is -2.27. The second-order valence-corrected chi connectivity index (χ2v) is 8.70. The molecule has 1 saturated heterocycles. The summed E-state index contributed by atoms with van der Waals surface area (Å²) in [5.74, 6) is 0.370. The number of benzene rings is 1. The van der Waals surface area contributed by atoms with Crippen LogP contribution in [0.1, 0.15) is 12.8 Å². The third-order valence-corrected chi connectivity index (χ3v) is 6.75. The summed E-state index contributed by atoms with van der Waals surface area (Å²) in [5.41, 5.74) is 0. The molecule has 1 aliphatic heterocycles. The van der Waals surface area contributed by atoms with Crippen LogP contribution >= 0.6 is 31.9 Å². The third kappa shape index (κ3) is 3.82. The van der Waals surface area contributed by atoms with Crippen molar-refractivity contribution in [2.24, 2.45) is 5.92 Å². The molecular formula is C13H17Br2NO3S. The Kier molecular flexibility index (Phi) is 5.64. The maximum absolute atomic E-state index is 12.6. The summed E-state index contributed by atoms with van der Waals surface area (Å²) >= 11 is 6.63. The molecule has 7 heteroatoms. The van der Waals surface area contributed by atoms with Crippen LogP contribution in [-0.4, -0.2) is 39.5 Å². The highest BCUT2D eigenvalue weighted by Crippen LogP contribution is 2.28. The minimum absolute atomic E-state index is 0.293. The van der Waals surface area contributed by atoms with E-state index in [1.807, 2.05) is 6.07 Å². The van der Waals surface area contributed by atoms with E-state index in [-0.39, 0.29) is 0 Å². The van der Waals surface area contributed by atoms with E-state index in [1.54, 1.807) is 19.2 Å². The van der Waals surface area contributed by atoms with Gasteiger partial charge in [-0.25, -0.2) is 12.7 Å². The van der Waals surface area contributed by atoms with Crippen molar-refractivity contribution in [2.75, 3.05) is 26.8 Å². The highest BCUT2D eigenvalue weighted by atomic mass is 79.9. The topological polar surface area (TPSA) is 46.6 Å². The smallest absolute Gasteiger partial charge is 0.243 e. The molecule has 0 radical (unpaired) electrons. The van der Waals surface area contributed by atoms with E-state index in [4.69, 9.17) is 4.74 Å². The monoisotopic (exact) mass is 425 g/mol. The minimum atomic E-state index is -3.48. The van der Waals surface area contributed by atoms with E-state index in [0.717, 1.165) is 30.5 Å². The number of hydrogen-bond donors (Lipinski definition) is 0. The molecule has 1 fully saturated rings. The predicted octanol–water partition coefficient (Wildman–Crippen LogP) is 3.26. The van der Waals surface area contributed by atoms with Gasteiger partial charge >= 0.3 is 0 Å². The van der Waals surface area contributed by atoms with Crippen LogP contribution < -0.4 is 0 Å². The first-order valence-electron chi connectivity index (χ1n) is 6.40. The summed E-state index contributed by atoms with van der Waals surface area (Å²) in [6, 6.07) is 5.17. The van der Waals surface area contributed by atoms with Gasteiger partial charge in [0.25, 0.3) is 0 Å². The summed E-state index contributed by atoms with van der Waals surface area (Å²) in [6.45, 7) is 1.98. The molecule has 0 spiro atoms. The van der Waals surface area contributed by atoms with Gasteiger partial charge in [0, 0.05) is 35.8 Å². The van der Waals surface area contributed by atoms with E-state index >= 15 is 0 Å². The van der Waals surface area contributed by atoms with Gasteiger partial charge in [0.2, 0.25) is 10.0 Å². The van der Waals surface area contributed by atoms with Gasteiger partial charge in [0.1, 0.15) is 0 Å². The number of rotatable bonds is 4. The molecule has 0 amide bonds. The number of sulfonamides is 1. The fourth-order valence-electron chi connectivity index (χ4n) is 2.23. The highest BCUT2D eigenvalue weighted by Gasteiger charge is 2.26. The van der Waals surface area contributed by atoms with Gasteiger partial charge < -0.3 is 4.74 Å². The van der Waals surface area contributed by atoms with Crippen LogP contribution in [0.2, 0.25) is 0 Å². The molecule has 1 heterocycles. The number of nitrogens with zero attached hydrogens (tertiary/aromatic N) is 1. The summed E-state index contributed by atoms with van der Waals surface area (Å²) in [7, 11) is -1.84. The maximum atomic E-state index is 12.6. The molecule has 0 aromatic heterocycles. The van der Waals surface area contributed by atoms with Crippen LogP contribution in [0.5, 0.6) is 0 Å². The molecule has 0 saturated carbocycles. The van der Waals surface area contributed by atoms with Crippen molar-refractivity contribution in [1.82, 2.24) is 4.31 Å². The summed E-state index contributed by atoms with van der Waals surface area (Å²) in [4.78, 5) is 0.293. The average molecular weight is 427 g/mol. The van der Waals surface area contributed by atoms with Crippen molar-refractivity contribution >= 4 is 41.9 Å². The number of halogens is 2. The fourth-order valence-corrected chi connectivity index (χ4v) is 4.94. The quantitative estimate of drug-likeness (QED) is 0.742. The van der Waals surface area contributed by atoms with E-state index in [0.29, 0.717) is 21.8 Å². The predicted molar refractivity (Wildman–Crippen MR) is 85.2 cm³/mol. The molecule has 0 atom stereocenters. The van der Waals surface area contributed by atoms with Crippen LogP contribution in [-0.2, 0) is 14.8 Å². The standard InChI is InChI=1S/C13H17Br2NO3S/c1-16(9-10-4-6-19-7-5-10)20(17,18)13-8-11(14)2-3-12(13)15/h2-3,8,10H,4-7,9H2,1H3. The van der Waals surface area contributed by atoms with Gasteiger partial charge in [-0.05, 0) is 52.9 Å². The molecule has 1 aliphatic rings. The molecule has 0 N–H and O–H groups in total.